The first-order valence-electron chi connectivity index (χ1n) is 6.51. The molecule has 1 heterocycles. The standard InChI is InChI=1S/C15H22N4/c1-12-14(10-17-19(12)4)9-16-15-7-5-13(6-8-15)11-18(2)3/h5-8,10,16H,9,11H2,1-4H3. The molecule has 0 saturated heterocycles. The van der Waals surface area contributed by atoms with Gasteiger partial charge >= 0.3 is 0 Å². The summed E-state index contributed by atoms with van der Waals surface area (Å²) in [5, 5.41) is 7.68. The molecule has 0 radical (unpaired) electrons. The Hall–Kier alpha value is -1.81. The summed E-state index contributed by atoms with van der Waals surface area (Å²) in [4.78, 5) is 2.17. The van der Waals surface area contributed by atoms with E-state index in [1.807, 2.05) is 17.9 Å². The lowest BCUT2D eigenvalue weighted by molar-refractivity contribution is 0.402. The van der Waals surface area contributed by atoms with Crippen LogP contribution in [0.25, 0.3) is 0 Å². The van der Waals surface area contributed by atoms with Gasteiger partial charge in [0.2, 0.25) is 0 Å². The third-order valence-corrected chi connectivity index (χ3v) is 3.27. The van der Waals surface area contributed by atoms with E-state index in [1.165, 1.54) is 16.8 Å². The first-order valence-corrected chi connectivity index (χ1v) is 6.51. The number of aryl methyl sites for hydroxylation is 1. The molecule has 1 N–H and O–H groups in total. The molecule has 0 spiro atoms. The number of nitrogens with zero attached hydrogens (tertiary/aromatic N) is 3. The van der Waals surface area contributed by atoms with Crippen molar-refractivity contribution in [1.82, 2.24) is 14.7 Å². The fraction of sp³-hybridized carbons (Fsp3) is 0.400. The van der Waals surface area contributed by atoms with Crippen molar-refractivity contribution in [3.8, 4) is 0 Å². The Kier molecular flexibility index (Phi) is 4.22. The Morgan fingerprint density at radius 3 is 2.42 bits per heavy atom. The fourth-order valence-electron chi connectivity index (χ4n) is 2.01. The molecular formula is C15H22N4. The number of nitrogens with one attached hydrogen (secondary N) is 1. The van der Waals surface area contributed by atoms with E-state index in [0.717, 1.165) is 18.8 Å². The molecule has 102 valence electrons. The average Bonchev–Trinajstić information content (AvgIpc) is 2.69. The molecule has 4 heteroatoms. The van der Waals surface area contributed by atoms with Gasteiger partial charge in [0, 0.05) is 37.1 Å². The molecule has 0 aliphatic rings. The second kappa shape index (κ2) is 5.89. The topological polar surface area (TPSA) is 33.1 Å². The van der Waals surface area contributed by atoms with Gasteiger partial charge in [-0.05, 0) is 38.7 Å². The number of aromatic nitrogens is 2. The van der Waals surface area contributed by atoms with Crippen molar-refractivity contribution >= 4 is 5.69 Å². The van der Waals surface area contributed by atoms with Crippen molar-refractivity contribution < 1.29 is 0 Å². The van der Waals surface area contributed by atoms with Crippen LogP contribution >= 0.6 is 0 Å². The number of hydrogen-bond acceptors (Lipinski definition) is 3. The molecule has 0 unspecified atom stereocenters. The monoisotopic (exact) mass is 258 g/mol. The highest BCUT2D eigenvalue weighted by Gasteiger charge is 2.03. The Morgan fingerprint density at radius 2 is 1.89 bits per heavy atom. The summed E-state index contributed by atoms with van der Waals surface area (Å²) < 4.78 is 1.90. The highest BCUT2D eigenvalue weighted by molar-refractivity contribution is 5.45. The normalized spacial score (nSPS) is 11.0. The minimum Gasteiger partial charge on any atom is -0.381 e. The highest BCUT2D eigenvalue weighted by Crippen LogP contribution is 2.13. The average molecular weight is 258 g/mol. The lowest BCUT2D eigenvalue weighted by Crippen LogP contribution is -2.10. The minimum atomic E-state index is 0.812. The van der Waals surface area contributed by atoms with Gasteiger partial charge in [0.1, 0.15) is 0 Å². The summed E-state index contributed by atoms with van der Waals surface area (Å²) in [7, 11) is 6.13. The van der Waals surface area contributed by atoms with Crippen LogP contribution in [0.2, 0.25) is 0 Å². The van der Waals surface area contributed by atoms with Crippen molar-refractivity contribution in [1.29, 1.82) is 0 Å². The van der Waals surface area contributed by atoms with Gasteiger partial charge < -0.3 is 10.2 Å². The lowest BCUT2D eigenvalue weighted by atomic mass is 10.2. The fourth-order valence-corrected chi connectivity index (χ4v) is 2.01. The Bertz CT molecular complexity index is 526. The van der Waals surface area contributed by atoms with Gasteiger partial charge in [-0.2, -0.15) is 5.10 Å². The van der Waals surface area contributed by atoms with Crippen LogP contribution in [-0.4, -0.2) is 28.8 Å². The molecule has 0 atom stereocenters. The number of benzene rings is 1. The van der Waals surface area contributed by atoms with Crippen LogP contribution in [0, 0.1) is 6.92 Å². The maximum absolute atomic E-state index is 4.25. The molecule has 0 amide bonds. The molecule has 1 aromatic heterocycles. The SMILES string of the molecule is Cc1c(CNc2ccc(CN(C)C)cc2)cnn1C. The van der Waals surface area contributed by atoms with Crippen molar-refractivity contribution in [3.63, 3.8) is 0 Å². The van der Waals surface area contributed by atoms with Crippen molar-refractivity contribution in [3.05, 3.63) is 47.3 Å². The molecule has 19 heavy (non-hydrogen) atoms. The lowest BCUT2D eigenvalue weighted by Gasteiger charge is -2.11. The van der Waals surface area contributed by atoms with Crippen LogP contribution in [0.15, 0.2) is 30.5 Å². The molecule has 2 aromatic rings. The zero-order chi connectivity index (χ0) is 13.8. The second-order valence-electron chi connectivity index (χ2n) is 5.17. The maximum Gasteiger partial charge on any atom is 0.0542 e. The number of hydrogen-bond donors (Lipinski definition) is 1. The zero-order valence-electron chi connectivity index (χ0n) is 12.1. The molecule has 2 rings (SSSR count). The Morgan fingerprint density at radius 1 is 1.21 bits per heavy atom. The summed E-state index contributed by atoms with van der Waals surface area (Å²) in [6.45, 7) is 3.87. The van der Waals surface area contributed by atoms with E-state index in [2.05, 4.69) is 60.6 Å². The number of anilines is 1. The first-order chi connectivity index (χ1) is 9.06. The van der Waals surface area contributed by atoms with Crippen molar-refractivity contribution in [2.75, 3.05) is 19.4 Å². The van der Waals surface area contributed by atoms with Crippen LogP contribution in [0.3, 0.4) is 0 Å². The number of rotatable bonds is 5. The van der Waals surface area contributed by atoms with E-state index < -0.39 is 0 Å². The highest BCUT2D eigenvalue weighted by atomic mass is 15.3. The summed E-state index contributed by atoms with van der Waals surface area (Å²) >= 11 is 0. The van der Waals surface area contributed by atoms with Gasteiger partial charge in [0.15, 0.2) is 0 Å². The third-order valence-electron chi connectivity index (χ3n) is 3.27. The van der Waals surface area contributed by atoms with Gasteiger partial charge in [0.25, 0.3) is 0 Å². The maximum atomic E-state index is 4.25. The van der Waals surface area contributed by atoms with Crippen molar-refractivity contribution in [2.24, 2.45) is 7.05 Å². The summed E-state index contributed by atoms with van der Waals surface area (Å²) in [5.74, 6) is 0. The predicted octanol–water partition coefficient (Wildman–Crippen LogP) is 2.40. The van der Waals surface area contributed by atoms with Gasteiger partial charge in [0.05, 0.1) is 6.20 Å². The second-order valence-corrected chi connectivity index (χ2v) is 5.17. The predicted molar refractivity (Wildman–Crippen MR) is 79.1 cm³/mol. The first kappa shape index (κ1) is 13.6. The van der Waals surface area contributed by atoms with Crippen LogP contribution in [-0.2, 0) is 20.1 Å². The van der Waals surface area contributed by atoms with Crippen LogP contribution in [0.1, 0.15) is 16.8 Å². The minimum absolute atomic E-state index is 0.812. The molecular weight excluding hydrogens is 236 g/mol. The zero-order valence-corrected chi connectivity index (χ0v) is 12.1. The van der Waals surface area contributed by atoms with Crippen LogP contribution in [0.5, 0.6) is 0 Å². The quantitative estimate of drug-likeness (QED) is 0.894. The van der Waals surface area contributed by atoms with E-state index in [0.29, 0.717) is 0 Å². The summed E-state index contributed by atoms with van der Waals surface area (Å²) in [5.41, 5.74) is 4.91. The van der Waals surface area contributed by atoms with E-state index in [-0.39, 0.29) is 0 Å². The molecule has 0 saturated carbocycles. The Balaban J connectivity index is 1.95. The third kappa shape index (κ3) is 3.58. The molecule has 1 aromatic carbocycles. The smallest absolute Gasteiger partial charge is 0.0542 e. The molecule has 0 aliphatic heterocycles. The van der Waals surface area contributed by atoms with E-state index in [1.54, 1.807) is 0 Å². The van der Waals surface area contributed by atoms with Gasteiger partial charge in [-0.3, -0.25) is 4.68 Å². The van der Waals surface area contributed by atoms with Crippen LogP contribution in [0.4, 0.5) is 5.69 Å². The van der Waals surface area contributed by atoms with Crippen molar-refractivity contribution in [2.45, 2.75) is 20.0 Å². The summed E-state index contributed by atoms with van der Waals surface area (Å²) in [6, 6.07) is 8.59. The molecule has 0 bridgehead atoms. The van der Waals surface area contributed by atoms with E-state index in [9.17, 15) is 0 Å². The Labute approximate surface area is 115 Å². The van der Waals surface area contributed by atoms with Gasteiger partial charge in [-0.15, -0.1) is 0 Å². The molecule has 0 fully saturated rings. The van der Waals surface area contributed by atoms with E-state index >= 15 is 0 Å². The molecule has 4 nitrogen and oxygen atoms in total. The molecule has 0 aliphatic carbocycles. The van der Waals surface area contributed by atoms with Gasteiger partial charge in [-0.25, -0.2) is 0 Å². The van der Waals surface area contributed by atoms with Crippen LogP contribution < -0.4 is 5.32 Å². The van der Waals surface area contributed by atoms with E-state index in [4.69, 9.17) is 0 Å². The largest absolute Gasteiger partial charge is 0.381 e. The summed E-state index contributed by atoms with van der Waals surface area (Å²) in [6.07, 6.45) is 1.92. The van der Waals surface area contributed by atoms with Gasteiger partial charge in [-0.1, -0.05) is 12.1 Å².